The Morgan fingerprint density at radius 1 is 1.39 bits per heavy atom. The minimum Gasteiger partial charge on any atom is -0.494 e. The zero-order chi connectivity index (χ0) is 15.8. The number of carbonyl (C=O) groups excluding carboxylic acids is 1. The van der Waals surface area contributed by atoms with Gasteiger partial charge in [0.2, 0.25) is 0 Å². The summed E-state index contributed by atoms with van der Waals surface area (Å²) in [6.45, 7) is 5.72. The Morgan fingerprint density at radius 2 is 2.22 bits per heavy atom. The zero-order valence-corrected chi connectivity index (χ0v) is 14.0. The van der Waals surface area contributed by atoms with Gasteiger partial charge in [-0.15, -0.1) is 0 Å². The highest BCUT2D eigenvalue weighted by molar-refractivity contribution is 7.13. The summed E-state index contributed by atoms with van der Waals surface area (Å²) in [6, 6.07) is 5.71. The minimum absolute atomic E-state index is 0.0180. The molecule has 0 radical (unpaired) electrons. The fourth-order valence-corrected chi connectivity index (χ4v) is 4.35. The van der Waals surface area contributed by atoms with E-state index in [-0.39, 0.29) is 12.1 Å². The van der Waals surface area contributed by atoms with Crippen LogP contribution < -0.4 is 4.74 Å². The van der Waals surface area contributed by atoms with Crippen molar-refractivity contribution >= 4 is 27.6 Å². The Kier molecular flexibility index (Phi) is 3.95. The van der Waals surface area contributed by atoms with Gasteiger partial charge >= 0.3 is 5.97 Å². The molecule has 0 aliphatic carbocycles. The molecule has 4 heterocycles. The largest absolute Gasteiger partial charge is 0.494 e. The van der Waals surface area contributed by atoms with Gasteiger partial charge in [-0.2, -0.15) is 4.37 Å². The molecule has 5 rings (SSSR count). The Morgan fingerprint density at radius 3 is 2.91 bits per heavy atom. The van der Waals surface area contributed by atoms with Gasteiger partial charge in [-0.05, 0) is 68.5 Å². The smallest absolute Gasteiger partial charge is 0.359 e. The maximum atomic E-state index is 12.5. The second-order valence-corrected chi connectivity index (χ2v) is 7.01. The summed E-state index contributed by atoms with van der Waals surface area (Å²) >= 11 is 1.32. The molecule has 1 aromatic heterocycles. The van der Waals surface area contributed by atoms with Crippen molar-refractivity contribution in [1.82, 2.24) is 9.27 Å². The fraction of sp³-hybridized carbons (Fsp3) is 0.529. The van der Waals surface area contributed by atoms with Crippen molar-refractivity contribution in [1.29, 1.82) is 0 Å². The van der Waals surface area contributed by atoms with E-state index in [4.69, 9.17) is 9.47 Å². The van der Waals surface area contributed by atoms with E-state index in [1.54, 1.807) is 0 Å². The highest BCUT2D eigenvalue weighted by Gasteiger charge is 2.37. The summed E-state index contributed by atoms with van der Waals surface area (Å²) in [5, 5.41) is 0.852. The lowest BCUT2D eigenvalue weighted by atomic mass is 9.86. The van der Waals surface area contributed by atoms with Gasteiger partial charge in [0.05, 0.1) is 11.3 Å². The number of hydrogen-bond acceptors (Lipinski definition) is 6. The van der Waals surface area contributed by atoms with Crippen LogP contribution in [0.5, 0.6) is 5.75 Å². The molecule has 3 fully saturated rings. The van der Waals surface area contributed by atoms with Crippen molar-refractivity contribution in [3.8, 4) is 5.75 Å². The first kappa shape index (κ1) is 14.9. The summed E-state index contributed by atoms with van der Waals surface area (Å²) in [7, 11) is 0. The molecule has 2 aromatic rings. The Labute approximate surface area is 139 Å². The molecule has 6 heteroatoms. The average Bonchev–Trinajstić information content (AvgIpc) is 2.99. The third kappa shape index (κ3) is 2.81. The predicted octanol–water partition coefficient (Wildman–Crippen LogP) is 2.95. The van der Waals surface area contributed by atoms with E-state index in [9.17, 15) is 4.79 Å². The number of aromatic nitrogens is 1. The highest BCUT2D eigenvalue weighted by atomic mass is 32.1. The third-order valence-corrected chi connectivity index (χ3v) is 5.61. The topological polar surface area (TPSA) is 51.7 Å². The van der Waals surface area contributed by atoms with Crippen LogP contribution in [-0.4, -0.2) is 47.6 Å². The summed E-state index contributed by atoms with van der Waals surface area (Å²) in [5.41, 5.74) is 0.435. The lowest BCUT2D eigenvalue weighted by Gasteiger charge is -2.43. The summed E-state index contributed by atoms with van der Waals surface area (Å²) < 4.78 is 16.6. The van der Waals surface area contributed by atoms with Crippen LogP contribution in [0.1, 0.15) is 30.3 Å². The fourth-order valence-electron chi connectivity index (χ4n) is 3.56. The van der Waals surface area contributed by atoms with Crippen LogP contribution in [0.15, 0.2) is 18.2 Å². The molecule has 3 saturated heterocycles. The van der Waals surface area contributed by atoms with Crippen molar-refractivity contribution in [2.75, 3.05) is 26.2 Å². The number of carbonyl (C=O) groups is 1. The molecule has 3 aliphatic rings. The molecule has 0 unspecified atom stereocenters. The van der Waals surface area contributed by atoms with Crippen LogP contribution in [0.2, 0.25) is 0 Å². The lowest BCUT2D eigenvalue weighted by molar-refractivity contribution is -0.0457. The van der Waals surface area contributed by atoms with Gasteiger partial charge in [-0.3, -0.25) is 4.90 Å². The van der Waals surface area contributed by atoms with E-state index >= 15 is 0 Å². The molecule has 3 aliphatic heterocycles. The summed E-state index contributed by atoms with van der Waals surface area (Å²) in [6.07, 6.45) is 2.28. The standard InChI is InChI=1S/C17H20N2O3S/c1-2-21-12-3-4-13-15(9-12)23-18-16(13)17(20)22-14-10-19-7-5-11(14)6-8-19/h3-4,9,11,14H,2,5-8,10H2,1H3/t14-/m1/s1. The number of fused-ring (bicyclic) bond motifs is 4. The van der Waals surface area contributed by atoms with Gasteiger partial charge < -0.3 is 9.47 Å². The Bertz CT molecular complexity index is 722. The van der Waals surface area contributed by atoms with Gasteiger partial charge in [-0.25, -0.2) is 4.79 Å². The monoisotopic (exact) mass is 332 g/mol. The number of piperidine rings is 3. The van der Waals surface area contributed by atoms with Gasteiger partial charge in [0.1, 0.15) is 11.9 Å². The van der Waals surface area contributed by atoms with E-state index in [0.29, 0.717) is 18.2 Å². The quantitative estimate of drug-likeness (QED) is 0.806. The van der Waals surface area contributed by atoms with Crippen molar-refractivity contribution in [3.63, 3.8) is 0 Å². The first-order chi connectivity index (χ1) is 11.2. The van der Waals surface area contributed by atoms with E-state index in [1.807, 2.05) is 25.1 Å². The second kappa shape index (κ2) is 6.09. The molecule has 0 spiro atoms. The molecule has 122 valence electrons. The highest BCUT2D eigenvalue weighted by Crippen LogP contribution is 2.32. The normalized spacial score (nSPS) is 26.4. The number of ether oxygens (including phenoxy) is 2. The number of nitrogens with zero attached hydrogens (tertiary/aromatic N) is 2. The van der Waals surface area contributed by atoms with Crippen LogP contribution in [0.3, 0.4) is 0 Å². The van der Waals surface area contributed by atoms with Crippen LogP contribution in [0.25, 0.3) is 10.1 Å². The predicted molar refractivity (Wildman–Crippen MR) is 89.2 cm³/mol. The van der Waals surface area contributed by atoms with Gasteiger partial charge in [0.25, 0.3) is 0 Å². The first-order valence-electron chi connectivity index (χ1n) is 8.20. The third-order valence-electron chi connectivity index (χ3n) is 4.80. The average molecular weight is 332 g/mol. The number of hydrogen-bond donors (Lipinski definition) is 0. The minimum atomic E-state index is -0.292. The molecule has 0 amide bonds. The Hall–Kier alpha value is -1.66. The molecule has 0 N–H and O–H groups in total. The van der Waals surface area contributed by atoms with Crippen LogP contribution in [-0.2, 0) is 4.74 Å². The SMILES string of the molecule is CCOc1ccc2c(C(=O)O[C@@H]3CN4CCC3CC4)nsc2c1. The zero-order valence-electron chi connectivity index (χ0n) is 13.2. The molecular formula is C17H20N2O3S. The van der Waals surface area contributed by atoms with E-state index < -0.39 is 0 Å². The molecule has 1 aromatic carbocycles. The van der Waals surface area contributed by atoms with Crippen LogP contribution in [0, 0.1) is 5.92 Å². The summed E-state index contributed by atoms with van der Waals surface area (Å²) in [5.74, 6) is 1.03. The van der Waals surface area contributed by atoms with Gasteiger partial charge in [-0.1, -0.05) is 0 Å². The van der Waals surface area contributed by atoms with Crippen LogP contribution in [0.4, 0.5) is 0 Å². The second-order valence-electron chi connectivity index (χ2n) is 6.20. The number of esters is 1. The molecule has 2 bridgehead atoms. The first-order valence-corrected chi connectivity index (χ1v) is 8.97. The van der Waals surface area contributed by atoms with Crippen molar-refractivity contribution < 1.29 is 14.3 Å². The van der Waals surface area contributed by atoms with E-state index in [1.165, 1.54) is 11.5 Å². The van der Waals surface area contributed by atoms with Crippen molar-refractivity contribution in [2.24, 2.45) is 5.92 Å². The Balaban J connectivity index is 1.53. The van der Waals surface area contributed by atoms with E-state index in [2.05, 4.69) is 9.27 Å². The van der Waals surface area contributed by atoms with Gasteiger partial charge in [0, 0.05) is 11.9 Å². The molecule has 1 atom stereocenters. The van der Waals surface area contributed by atoms with Crippen molar-refractivity contribution in [3.05, 3.63) is 23.9 Å². The van der Waals surface area contributed by atoms with Gasteiger partial charge in [0.15, 0.2) is 5.69 Å². The molecule has 0 saturated carbocycles. The van der Waals surface area contributed by atoms with E-state index in [0.717, 1.165) is 48.3 Å². The summed E-state index contributed by atoms with van der Waals surface area (Å²) in [4.78, 5) is 14.9. The number of rotatable bonds is 4. The lowest BCUT2D eigenvalue weighted by Crippen LogP contribution is -2.51. The molecular weight excluding hydrogens is 312 g/mol. The number of benzene rings is 1. The maximum Gasteiger partial charge on any atom is 0.359 e. The van der Waals surface area contributed by atoms with Crippen molar-refractivity contribution in [2.45, 2.75) is 25.9 Å². The molecule has 5 nitrogen and oxygen atoms in total. The van der Waals surface area contributed by atoms with Crippen LogP contribution >= 0.6 is 11.5 Å². The molecule has 23 heavy (non-hydrogen) atoms. The maximum absolute atomic E-state index is 12.5.